The number of carbonyl (C=O) groups excluding carboxylic acids is 3. The van der Waals surface area contributed by atoms with Crippen molar-refractivity contribution in [1.29, 1.82) is 0 Å². The van der Waals surface area contributed by atoms with E-state index in [1.807, 2.05) is 18.2 Å². The molecule has 0 fully saturated rings. The van der Waals surface area contributed by atoms with Crippen molar-refractivity contribution in [2.45, 2.75) is 13.8 Å². The van der Waals surface area contributed by atoms with Crippen LogP contribution in [0.1, 0.15) is 24.2 Å². The molecule has 7 heteroatoms. The second-order valence-electron chi connectivity index (χ2n) is 6.39. The standard InChI is InChI=1S/C23H26N2O5/c1-5-14-25(17(3)26)18-12-13-20(23(28)29-6-2)21(15-18)24(4)22(27)16-30-19-10-8-7-9-11-19/h5,7-13,15H,1,6,14,16H2,2-4H3. The molecule has 0 bridgehead atoms. The van der Waals surface area contributed by atoms with E-state index < -0.39 is 5.97 Å². The number of amides is 2. The molecule has 0 aliphatic carbocycles. The van der Waals surface area contributed by atoms with Crippen LogP contribution < -0.4 is 14.5 Å². The Kier molecular flexibility index (Phi) is 8.17. The lowest BCUT2D eigenvalue weighted by molar-refractivity contribution is -0.120. The molecule has 30 heavy (non-hydrogen) atoms. The number of anilines is 2. The first-order valence-electron chi connectivity index (χ1n) is 9.53. The van der Waals surface area contributed by atoms with Gasteiger partial charge in [0.2, 0.25) is 5.91 Å². The molecule has 0 saturated carbocycles. The molecule has 7 nitrogen and oxygen atoms in total. The number of benzene rings is 2. The van der Waals surface area contributed by atoms with Crippen LogP contribution in [0.3, 0.4) is 0 Å². The highest BCUT2D eigenvalue weighted by Gasteiger charge is 2.22. The minimum Gasteiger partial charge on any atom is -0.484 e. The summed E-state index contributed by atoms with van der Waals surface area (Å²) in [5.74, 6) is -0.543. The van der Waals surface area contributed by atoms with Gasteiger partial charge in [0, 0.05) is 26.2 Å². The molecule has 0 saturated heterocycles. The average molecular weight is 410 g/mol. The molecule has 158 valence electrons. The first-order chi connectivity index (χ1) is 14.4. The lowest BCUT2D eigenvalue weighted by atomic mass is 10.1. The summed E-state index contributed by atoms with van der Waals surface area (Å²) in [4.78, 5) is 40.0. The topological polar surface area (TPSA) is 76.2 Å². The second kappa shape index (κ2) is 10.8. The molecule has 2 amide bonds. The van der Waals surface area contributed by atoms with Gasteiger partial charge in [0.05, 0.1) is 17.9 Å². The zero-order chi connectivity index (χ0) is 22.1. The highest BCUT2D eigenvalue weighted by Crippen LogP contribution is 2.28. The van der Waals surface area contributed by atoms with Crippen LogP contribution in [0.4, 0.5) is 11.4 Å². The van der Waals surface area contributed by atoms with Gasteiger partial charge >= 0.3 is 5.97 Å². The third kappa shape index (κ3) is 5.70. The zero-order valence-electron chi connectivity index (χ0n) is 17.5. The van der Waals surface area contributed by atoms with Crippen molar-refractivity contribution in [3.05, 3.63) is 66.7 Å². The van der Waals surface area contributed by atoms with Crippen molar-refractivity contribution in [2.24, 2.45) is 0 Å². The Hall–Kier alpha value is -3.61. The van der Waals surface area contributed by atoms with Crippen molar-refractivity contribution in [2.75, 3.05) is 36.6 Å². The summed E-state index contributed by atoms with van der Waals surface area (Å²) >= 11 is 0. The number of hydrogen-bond donors (Lipinski definition) is 0. The Morgan fingerprint density at radius 3 is 2.40 bits per heavy atom. The maximum Gasteiger partial charge on any atom is 0.340 e. The number of rotatable bonds is 9. The molecule has 0 aromatic heterocycles. The van der Waals surface area contributed by atoms with E-state index in [9.17, 15) is 14.4 Å². The van der Waals surface area contributed by atoms with Crippen molar-refractivity contribution in [1.82, 2.24) is 0 Å². The zero-order valence-corrected chi connectivity index (χ0v) is 17.5. The molecule has 0 unspecified atom stereocenters. The molecule has 2 aromatic rings. The van der Waals surface area contributed by atoms with Crippen LogP contribution in [-0.2, 0) is 14.3 Å². The predicted molar refractivity (Wildman–Crippen MR) is 116 cm³/mol. The van der Waals surface area contributed by atoms with Gasteiger partial charge in [-0.3, -0.25) is 9.59 Å². The third-order valence-corrected chi connectivity index (χ3v) is 4.32. The summed E-state index contributed by atoms with van der Waals surface area (Å²) in [5.41, 5.74) is 1.08. The van der Waals surface area contributed by atoms with E-state index in [4.69, 9.17) is 9.47 Å². The maximum atomic E-state index is 12.7. The maximum absolute atomic E-state index is 12.7. The quantitative estimate of drug-likeness (QED) is 0.468. The lowest BCUT2D eigenvalue weighted by Gasteiger charge is -2.25. The summed E-state index contributed by atoms with van der Waals surface area (Å²) in [5, 5.41) is 0. The van der Waals surface area contributed by atoms with E-state index in [2.05, 4.69) is 6.58 Å². The van der Waals surface area contributed by atoms with Crippen molar-refractivity contribution in [3.8, 4) is 5.75 Å². The van der Waals surface area contributed by atoms with E-state index in [1.54, 1.807) is 50.4 Å². The van der Waals surface area contributed by atoms with Gasteiger partial charge in [-0.2, -0.15) is 0 Å². The van der Waals surface area contributed by atoms with Gasteiger partial charge in [-0.1, -0.05) is 24.3 Å². The summed E-state index contributed by atoms with van der Waals surface area (Å²) in [6, 6.07) is 13.8. The van der Waals surface area contributed by atoms with E-state index in [1.165, 1.54) is 16.7 Å². The molecule has 0 radical (unpaired) electrons. The van der Waals surface area contributed by atoms with E-state index >= 15 is 0 Å². The molecule has 0 N–H and O–H groups in total. The van der Waals surface area contributed by atoms with E-state index in [-0.39, 0.29) is 30.6 Å². The Labute approximate surface area is 176 Å². The van der Waals surface area contributed by atoms with Crippen molar-refractivity contribution in [3.63, 3.8) is 0 Å². The number of para-hydroxylation sites is 1. The van der Waals surface area contributed by atoms with Gasteiger partial charge in [0.1, 0.15) is 5.75 Å². The first-order valence-corrected chi connectivity index (χ1v) is 9.53. The summed E-state index contributed by atoms with van der Waals surface area (Å²) < 4.78 is 10.6. The van der Waals surface area contributed by atoms with Crippen molar-refractivity contribution < 1.29 is 23.9 Å². The molecular weight excluding hydrogens is 384 g/mol. The Balaban J connectivity index is 2.35. The average Bonchev–Trinajstić information content (AvgIpc) is 2.75. The molecule has 2 aromatic carbocycles. The molecule has 0 aliphatic rings. The molecule has 0 heterocycles. The third-order valence-electron chi connectivity index (χ3n) is 4.32. The number of likely N-dealkylation sites (N-methyl/N-ethyl adjacent to an activating group) is 1. The van der Waals surface area contributed by atoms with Crippen LogP contribution in [0.2, 0.25) is 0 Å². The fraction of sp³-hybridized carbons (Fsp3) is 0.261. The monoisotopic (exact) mass is 410 g/mol. The van der Waals surface area contributed by atoms with Gasteiger partial charge in [0.25, 0.3) is 5.91 Å². The number of esters is 1. The first kappa shape index (κ1) is 22.7. The largest absolute Gasteiger partial charge is 0.484 e. The highest BCUT2D eigenvalue weighted by molar-refractivity contribution is 6.04. The number of ether oxygens (including phenoxy) is 2. The van der Waals surface area contributed by atoms with Gasteiger partial charge in [-0.05, 0) is 37.3 Å². The van der Waals surface area contributed by atoms with Gasteiger partial charge in [-0.25, -0.2) is 4.79 Å². The van der Waals surface area contributed by atoms with Crippen LogP contribution in [0.15, 0.2) is 61.2 Å². The van der Waals surface area contributed by atoms with E-state index in [0.29, 0.717) is 23.7 Å². The summed E-state index contributed by atoms with van der Waals surface area (Å²) in [6.07, 6.45) is 1.60. The van der Waals surface area contributed by atoms with Gasteiger partial charge < -0.3 is 19.3 Å². The predicted octanol–water partition coefficient (Wildman–Crippen LogP) is 3.44. The fourth-order valence-electron chi connectivity index (χ4n) is 2.78. The fourth-order valence-corrected chi connectivity index (χ4v) is 2.78. The van der Waals surface area contributed by atoms with Crippen LogP contribution in [-0.4, -0.2) is 44.6 Å². The van der Waals surface area contributed by atoms with Crippen LogP contribution >= 0.6 is 0 Å². The van der Waals surface area contributed by atoms with Gasteiger partial charge in [-0.15, -0.1) is 6.58 Å². The lowest BCUT2D eigenvalue weighted by Crippen LogP contribution is -2.33. The Bertz CT molecular complexity index is 911. The van der Waals surface area contributed by atoms with E-state index in [0.717, 1.165) is 0 Å². The minimum absolute atomic E-state index is 0.189. The number of hydrogen-bond acceptors (Lipinski definition) is 5. The minimum atomic E-state index is -0.555. The molecule has 0 aliphatic heterocycles. The molecule has 0 spiro atoms. The van der Waals surface area contributed by atoms with Crippen LogP contribution in [0.5, 0.6) is 5.75 Å². The van der Waals surface area contributed by atoms with Crippen LogP contribution in [0, 0.1) is 0 Å². The SMILES string of the molecule is C=CCN(C(C)=O)c1ccc(C(=O)OCC)c(N(C)C(=O)COc2ccccc2)c1. The highest BCUT2D eigenvalue weighted by atomic mass is 16.5. The van der Waals surface area contributed by atoms with Gasteiger partial charge in [0.15, 0.2) is 6.61 Å². The normalized spacial score (nSPS) is 10.1. The summed E-state index contributed by atoms with van der Waals surface area (Å²) in [7, 11) is 1.55. The summed E-state index contributed by atoms with van der Waals surface area (Å²) in [6.45, 7) is 7.09. The molecular formula is C23H26N2O5. The molecule has 0 atom stereocenters. The second-order valence-corrected chi connectivity index (χ2v) is 6.39. The smallest absolute Gasteiger partial charge is 0.340 e. The Morgan fingerprint density at radius 2 is 1.80 bits per heavy atom. The van der Waals surface area contributed by atoms with Crippen molar-refractivity contribution >= 4 is 29.2 Å². The molecule has 2 rings (SSSR count). The van der Waals surface area contributed by atoms with Crippen LogP contribution in [0.25, 0.3) is 0 Å². The number of carbonyl (C=O) groups is 3. The number of nitrogens with zero attached hydrogens (tertiary/aromatic N) is 2. The Morgan fingerprint density at radius 1 is 1.10 bits per heavy atom.